The largest absolute Gasteiger partial charge is 0.361 e. The molecule has 2 aliphatic rings. The number of piperidine rings is 1. The van der Waals surface area contributed by atoms with Crippen molar-refractivity contribution < 1.29 is 9.53 Å². The fraction of sp³-hybridized carbons (Fsp3) is 0.917. The van der Waals surface area contributed by atoms with Crippen molar-refractivity contribution in [3.05, 3.63) is 4.91 Å². The van der Waals surface area contributed by atoms with Gasteiger partial charge in [0.2, 0.25) is 0 Å². The second-order valence-corrected chi connectivity index (χ2v) is 5.25. The summed E-state index contributed by atoms with van der Waals surface area (Å²) in [6.45, 7) is 3.76. The van der Waals surface area contributed by atoms with Crippen LogP contribution in [-0.4, -0.2) is 48.6 Å². The van der Waals surface area contributed by atoms with E-state index in [1.54, 1.807) is 0 Å². The number of ether oxygens (including phenoxy) is 1. The van der Waals surface area contributed by atoms with Crippen molar-refractivity contribution >= 4 is 5.78 Å². The highest BCUT2D eigenvalue weighted by Crippen LogP contribution is 2.38. The molecule has 5 heteroatoms. The molecule has 0 N–H and O–H groups in total. The van der Waals surface area contributed by atoms with Crippen LogP contribution in [0.3, 0.4) is 0 Å². The minimum Gasteiger partial charge on any atom is -0.361 e. The fourth-order valence-corrected chi connectivity index (χ4v) is 2.75. The fourth-order valence-electron chi connectivity index (χ4n) is 2.75. The lowest BCUT2D eigenvalue weighted by Gasteiger charge is -2.37. The van der Waals surface area contributed by atoms with Crippen LogP contribution in [0.5, 0.6) is 0 Å². The van der Waals surface area contributed by atoms with Crippen molar-refractivity contribution in [2.24, 2.45) is 5.18 Å². The minimum atomic E-state index is -0.596. The van der Waals surface area contributed by atoms with Gasteiger partial charge in [-0.05, 0) is 26.3 Å². The van der Waals surface area contributed by atoms with E-state index in [-0.39, 0.29) is 11.4 Å². The smallest absolute Gasteiger partial charge is 0.166 e. The van der Waals surface area contributed by atoms with Gasteiger partial charge in [0.05, 0.1) is 5.60 Å². The number of likely N-dealkylation sites (tertiary alicyclic amines) is 1. The first-order chi connectivity index (χ1) is 8.10. The molecule has 2 aliphatic heterocycles. The highest BCUT2D eigenvalue weighted by Gasteiger charge is 2.49. The van der Waals surface area contributed by atoms with Gasteiger partial charge in [0.1, 0.15) is 12.1 Å². The van der Waals surface area contributed by atoms with Gasteiger partial charge in [-0.1, -0.05) is 12.1 Å². The van der Waals surface area contributed by atoms with Gasteiger partial charge < -0.3 is 9.64 Å². The van der Waals surface area contributed by atoms with Crippen LogP contribution in [0.25, 0.3) is 0 Å². The number of carbonyl (C=O) groups excluding carboxylic acids is 1. The van der Waals surface area contributed by atoms with Crippen molar-refractivity contribution in [2.75, 3.05) is 20.1 Å². The van der Waals surface area contributed by atoms with E-state index >= 15 is 0 Å². The normalized spacial score (nSPS) is 30.7. The van der Waals surface area contributed by atoms with Crippen LogP contribution in [0.2, 0.25) is 0 Å². The van der Waals surface area contributed by atoms with Crippen molar-refractivity contribution in [3.8, 4) is 0 Å². The molecule has 0 saturated carbocycles. The first kappa shape index (κ1) is 12.6. The van der Waals surface area contributed by atoms with Crippen LogP contribution in [0.15, 0.2) is 5.18 Å². The summed E-state index contributed by atoms with van der Waals surface area (Å²) in [7, 11) is 2.07. The molecule has 2 fully saturated rings. The van der Waals surface area contributed by atoms with E-state index in [0.717, 1.165) is 25.9 Å². The van der Waals surface area contributed by atoms with Gasteiger partial charge in [0.25, 0.3) is 0 Å². The Balaban J connectivity index is 2.06. The van der Waals surface area contributed by atoms with E-state index in [2.05, 4.69) is 17.1 Å². The second-order valence-electron chi connectivity index (χ2n) is 5.25. The zero-order chi connectivity index (χ0) is 12.5. The summed E-state index contributed by atoms with van der Waals surface area (Å²) < 4.78 is 5.92. The maximum absolute atomic E-state index is 12.0. The SMILES string of the molecule is CCC(N=O)C1OC2(CCN(C)CC2)CC1=O. The van der Waals surface area contributed by atoms with Gasteiger partial charge in [-0.3, -0.25) is 4.79 Å². The third kappa shape index (κ3) is 2.40. The highest BCUT2D eigenvalue weighted by molar-refractivity contribution is 5.86. The Morgan fingerprint density at radius 3 is 2.71 bits per heavy atom. The molecule has 0 amide bonds. The molecule has 2 heterocycles. The standard InChI is InChI=1S/C12H20N2O3/c1-3-9(13-16)11-10(15)8-12(17-11)4-6-14(2)7-5-12/h9,11H,3-8H2,1-2H3. The van der Waals surface area contributed by atoms with Crippen LogP contribution in [0.1, 0.15) is 32.6 Å². The lowest BCUT2D eigenvalue weighted by atomic mass is 9.88. The number of ketones is 1. The van der Waals surface area contributed by atoms with Gasteiger partial charge in [-0.15, -0.1) is 0 Å². The van der Waals surface area contributed by atoms with E-state index in [9.17, 15) is 9.70 Å². The first-order valence-corrected chi connectivity index (χ1v) is 6.32. The number of nitrogens with zero attached hydrogens (tertiary/aromatic N) is 2. The Bertz CT molecular complexity index is 311. The zero-order valence-electron chi connectivity index (χ0n) is 10.5. The van der Waals surface area contributed by atoms with Crippen LogP contribution in [-0.2, 0) is 9.53 Å². The van der Waals surface area contributed by atoms with Crippen molar-refractivity contribution in [3.63, 3.8) is 0 Å². The molecule has 2 rings (SSSR count). The summed E-state index contributed by atoms with van der Waals surface area (Å²) in [5, 5.41) is 3.03. The van der Waals surface area contributed by atoms with Crippen molar-refractivity contribution in [1.82, 2.24) is 4.90 Å². The topological polar surface area (TPSA) is 59.0 Å². The van der Waals surface area contributed by atoms with Gasteiger partial charge >= 0.3 is 0 Å². The second kappa shape index (κ2) is 4.82. The van der Waals surface area contributed by atoms with Crippen LogP contribution in [0, 0.1) is 4.91 Å². The quantitative estimate of drug-likeness (QED) is 0.699. The number of hydrogen-bond donors (Lipinski definition) is 0. The van der Waals surface area contributed by atoms with Gasteiger partial charge in [-0.25, -0.2) is 0 Å². The summed E-state index contributed by atoms with van der Waals surface area (Å²) in [4.78, 5) is 24.9. The average Bonchev–Trinajstić information content (AvgIpc) is 2.63. The maximum atomic E-state index is 12.0. The molecule has 0 aromatic rings. The minimum absolute atomic E-state index is 0.0565. The molecule has 5 nitrogen and oxygen atoms in total. The number of Topliss-reactive ketones (excluding diaryl/α,β-unsaturated/α-hetero) is 1. The molecular formula is C12H20N2O3. The first-order valence-electron chi connectivity index (χ1n) is 6.32. The molecular weight excluding hydrogens is 220 g/mol. The summed E-state index contributed by atoms with van der Waals surface area (Å²) in [5.74, 6) is 0.0565. The average molecular weight is 240 g/mol. The van der Waals surface area contributed by atoms with Crippen LogP contribution >= 0.6 is 0 Å². The Labute approximate surface area is 101 Å². The third-order valence-electron chi connectivity index (χ3n) is 3.99. The van der Waals surface area contributed by atoms with Gasteiger partial charge in [0.15, 0.2) is 5.78 Å². The number of carbonyl (C=O) groups is 1. The van der Waals surface area contributed by atoms with E-state index in [1.165, 1.54) is 0 Å². The maximum Gasteiger partial charge on any atom is 0.166 e. The molecule has 2 unspecified atom stereocenters. The van der Waals surface area contributed by atoms with E-state index in [1.807, 2.05) is 6.92 Å². The summed E-state index contributed by atoms with van der Waals surface area (Å²) in [6.07, 6.45) is 2.18. The number of rotatable bonds is 3. The summed E-state index contributed by atoms with van der Waals surface area (Å²) in [6, 6.07) is -0.512. The lowest BCUT2D eigenvalue weighted by molar-refractivity contribution is -0.126. The Morgan fingerprint density at radius 1 is 1.53 bits per heavy atom. The molecule has 2 saturated heterocycles. The highest BCUT2D eigenvalue weighted by atomic mass is 16.5. The predicted molar refractivity (Wildman–Crippen MR) is 63.8 cm³/mol. The summed E-state index contributed by atoms with van der Waals surface area (Å²) in [5.41, 5.74) is -0.313. The monoisotopic (exact) mass is 240 g/mol. The molecule has 0 aromatic heterocycles. The molecule has 96 valence electrons. The van der Waals surface area contributed by atoms with E-state index in [4.69, 9.17) is 4.74 Å². The van der Waals surface area contributed by atoms with Crippen molar-refractivity contribution in [2.45, 2.75) is 50.4 Å². The lowest BCUT2D eigenvalue weighted by Crippen LogP contribution is -2.43. The predicted octanol–water partition coefficient (Wildman–Crippen LogP) is 1.35. The molecule has 2 atom stereocenters. The molecule has 17 heavy (non-hydrogen) atoms. The molecule has 0 radical (unpaired) electrons. The van der Waals surface area contributed by atoms with Gasteiger partial charge in [-0.2, -0.15) is 4.91 Å². The Morgan fingerprint density at radius 2 is 2.18 bits per heavy atom. The molecule has 1 spiro atoms. The molecule has 0 bridgehead atoms. The number of hydrogen-bond acceptors (Lipinski definition) is 5. The van der Waals surface area contributed by atoms with Crippen molar-refractivity contribution in [1.29, 1.82) is 0 Å². The van der Waals surface area contributed by atoms with Crippen LogP contribution in [0.4, 0.5) is 0 Å². The Hall–Kier alpha value is -0.810. The third-order valence-corrected chi connectivity index (χ3v) is 3.99. The molecule has 0 aromatic carbocycles. The molecule has 0 aliphatic carbocycles. The number of nitroso groups, excluding NO2 is 1. The van der Waals surface area contributed by atoms with E-state index < -0.39 is 12.1 Å². The van der Waals surface area contributed by atoms with Gasteiger partial charge in [0, 0.05) is 19.5 Å². The van der Waals surface area contributed by atoms with Crippen LogP contribution < -0.4 is 0 Å². The zero-order valence-corrected chi connectivity index (χ0v) is 10.5. The summed E-state index contributed by atoms with van der Waals surface area (Å²) >= 11 is 0. The Kier molecular flexibility index (Phi) is 3.58. The van der Waals surface area contributed by atoms with E-state index in [0.29, 0.717) is 12.8 Å².